The highest BCUT2D eigenvalue weighted by Crippen LogP contribution is 2.68. The summed E-state index contributed by atoms with van der Waals surface area (Å²) in [6, 6.07) is 3.93. The van der Waals surface area contributed by atoms with Crippen LogP contribution in [0.25, 0.3) is 0 Å². The van der Waals surface area contributed by atoms with Gasteiger partial charge in [-0.2, -0.15) is 0 Å². The summed E-state index contributed by atoms with van der Waals surface area (Å²) in [5.74, 6) is 2.90. The Bertz CT molecular complexity index is 963. The third kappa shape index (κ3) is 3.51. The van der Waals surface area contributed by atoms with E-state index >= 15 is 0 Å². The Morgan fingerprint density at radius 2 is 1.88 bits per heavy atom. The van der Waals surface area contributed by atoms with Gasteiger partial charge in [-0.3, -0.25) is 15.1 Å². The van der Waals surface area contributed by atoms with Gasteiger partial charge in [-0.1, -0.05) is 26.7 Å². The van der Waals surface area contributed by atoms with E-state index in [0.717, 1.165) is 31.1 Å². The van der Waals surface area contributed by atoms with Crippen molar-refractivity contribution in [1.82, 2.24) is 0 Å². The molecule has 6 nitrogen and oxygen atoms in total. The number of aliphatic hydroxyl groups is 1. The number of benzene rings is 1. The van der Waals surface area contributed by atoms with E-state index in [1.807, 2.05) is 0 Å². The largest absolute Gasteiger partial charge is 0.507 e. The zero-order chi connectivity index (χ0) is 23.4. The lowest BCUT2D eigenvalue weighted by molar-refractivity contribution is -0.384. The highest BCUT2D eigenvalue weighted by atomic mass is 16.6. The zero-order valence-corrected chi connectivity index (χ0v) is 20.0. The van der Waals surface area contributed by atoms with E-state index in [-0.39, 0.29) is 23.4 Å². The maximum atomic E-state index is 11.8. The highest BCUT2D eigenvalue weighted by molar-refractivity contribution is 5.84. The molecule has 7 atom stereocenters. The third-order valence-electron chi connectivity index (χ3n) is 10.7. The number of nitro groups is 1. The summed E-state index contributed by atoms with van der Waals surface area (Å²) in [5, 5.41) is 33.0. The van der Waals surface area contributed by atoms with Crippen LogP contribution in [0.1, 0.15) is 83.6 Å². The smallest absolute Gasteiger partial charge is 0.270 e. The molecule has 0 aliphatic heterocycles. The second-order valence-corrected chi connectivity index (χ2v) is 11.9. The standard InChI is InChI=1S/C27H38N2O4/c1-25-12-4-3-5-19(25)6-8-21-22(25)10-13-26(2)23(21)11-14-27(26,31)17-28-16-18-15-20(29(32)33)7-9-24(18)30/h7,9,15-16,19,21-23,30-31H,3-6,8,10-14,17H2,1-2H3/t19?,21?,22?,23?,25-,26-,27+/m0/s1. The predicted octanol–water partition coefficient (Wildman–Crippen LogP) is 5.88. The number of nitrogens with zero attached hydrogens (tertiary/aromatic N) is 2. The van der Waals surface area contributed by atoms with Gasteiger partial charge in [0.25, 0.3) is 5.69 Å². The van der Waals surface area contributed by atoms with Crippen molar-refractivity contribution < 1.29 is 15.1 Å². The number of aromatic hydroxyl groups is 1. The fourth-order valence-electron chi connectivity index (χ4n) is 8.72. The molecule has 2 N–H and O–H groups in total. The number of non-ortho nitro benzene ring substituents is 1. The molecule has 4 unspecified atom stereocenters. The van der Waals surface area contributed by atoms with Gasteiger partial charge >= 0.3 is 0 Å². The highest BCUT2D eigenvalue weighted by Gasteiger charge is 2.64. The van der Waals surface area contributed by atoms with Crippen LogP contribution in [0.2, 0.25) is 0 Å². The minimum atomic E-state index is -0.861. The first kappa shape index (κ1) is 22.8. The van der Waals surface area contributed by atoms with Crippen LogP contribution < -0.4 is 0 Å². The predicted molar refractivity (Wildman–Crippen MR) is 129 cm³/mol. The molecule has 33 heavy (non-hydrogen) atoms. The van der Waals surface area contributed by atoms with Gasteiger partial charge < -0.3 is 10.2 Å². The Morgan fingerprint density at radius 1 is 1.09 bits per heavy atom. The fraction of sp³-hybridized carbons (Fsp3) is 0.741. The summed E-state index contributed by atoms with van der Waals surface area (Å²) < 4.78 is 0. The average molecular weight is 455 g/mol. The summed E-state index contributed by atoms with van der Waals surface area (Å²) in [7, 11) is 0. The molecule has 0 bridgehead atoms. The molecule has 5 rings (SSSR count). The van der Waals surface area contributed by atoms with Crippen molar-refractivity contribution in [2.45, 2.75) is 83.7 Å². The number of hydrogen-bond acceptors (Lipinski definition) is 5. The Morgan fingerprint density at radius 3 is 2.67 bits per heavy atom. The van der Waals surface area contributed by atoms with Crippen molar-refractivity contribution in [2.24, 2.45) is 39.5 Å². The molecule has 4 fully saturated rings. The fourth-order valence-corrected chi connectivity index (χ4v) is 8.72. The molecule has 0 radical (unpaired) electrons. The molecule has 1 aromatic carbocycles. The van der Waals surface area contributed by atoms with Crippen LogP contribution in [0.15, 0.2) is 23.2 Å². The number of rotatable bonds is 4. The van der Waals surface area contributed by atoms with Crippen molar-refractivity contribution >= 4 is 11.9 Å². The van der Waals surface area contributed by atoms with Crippen LogP contribution in [0.5, 0.6) is 5.75 Å². The van der Waals surface area contributed by atoms with Crippen molar-refractivity contribution in [3.8, 4) is 5.75 Å². The van der Waals surface area contributed by atoms with E-state index in [9.17, 15) is 20.3 Å². The molecule has 4 aliphatic rings. The minimum Gasteiger partial charge on any atom is -0.507 e. The van der Waals surface area contributed by atoms with Crippen LogP contribution in [0.4, 0.5) is 5.69 Å². The molecule has 6 heteroatoms. The molecular formula is C27H38N2O4. The van der Waals surface area contributed by atoms with Crippen molar-refractivity contribution in [2.75, 3.05) is 6.54 Å². The van der Waals surface area contributed by atoms with E-state index in [1.54, 1.807) is 0 Å². The molecule has 0 spiro atoms. The monoisotopic (exact) mass is 454 g/mol. The lowest BCUT2D eigenvalue weighted by Gasteiger charge is -2.61. The minimum absolute atomic E-state index is 0.0372. The first-order valence-electron chi connectivity index (χ1n) is 12.9. The molecule has 1 aromatic rings. The number of phenolic OH excluding ortho intramolecular Hbond substituents is 1. The third-order valence-corrected chi connectivity index (χ3v) is 10.7. The summed E-state index contributed by atoms with van der Waals surface area (Å²) in [6.07, 6.45) is 13.8. The molecule has 4 aliphatic carbocycles. The topological polar surface area (TPSA) is 96.0 Å². The summed E-state index contributed by atoms with van der Waals surface area (Å²) in [5.41, 5.74) is -0.278. The second kappa shape index (κ2) is 8.07. The summed E-state index contributed by atoms with van der Waals surface area (Å²) >= 11 is 0. The van der Waals surface area contributed by atoms with E-state index in [4.69, 9.17) is 0 Å². The molecule has 4 saturated carbocycles. The van der Waals surface area contributed by atoms with Crippen molar-refractivity contribution in [1.29, 1.82) is 0 Å². The molecular weight excluding hydrogens is 416 g/mol. The quantitative estimate of drug-likeness (QED) is 0.337. The van der Waals surface area contributed by atoms with E-state index in [0.29, 0.717) is 22.8 Å². The van der Waals surface area contributed by atoms with Crippen molar-refractivity contribution in [3.05, 3.63) is 33.9 Å². The first-order chi connectivity index (χ1) is 15.7. The molecule has 0 amide bonds. The van der Waals surface area contributed by atoms with Crippen molar-refractivity contribution in [3.63, 3.8) is 0 Å². The Labute approximate surface area is 196 Å². The number of aliphatic imine (C=N–C) groups is 1. The van der Waals surface area contributed by atoms with Gasteiger partial charge in [0.1, 0.15) is 5.75 Å². The SMILES string of the molecule is C[C@]12CCCCC1CCC1C2CC[C@@]2(C)C1CC[C@@]2(O)CN=Cc1cc([N+](=O)[O-])ccc1O. The number of nitro benzene ring substituents is 1. The zero-order valence-electron chi connectivity index (χ0n) is 20.0. The number of phenols is 1. The normalized spacial score (nSPS) is 42.5. The summed E-state index contributed by atoms with van der Waals surface area (Å²) in [4.78, 5) is 15.1. The van der Waals surface area contributed by atoms with E-state index < -0.39 is 10.5 Å². The molecule has 0 aromatic heterocycles. The van der Waals surface area contributed by atoms with Gasteiger partial charge in [-0.15, -0.1) is 0 Å². The van der Waals surface area contributed by atoms with Gasteiger partial charge in [0.2, 0.25) is 0 Å². The van der Waals surface area contributed by atoms with Crippen LogP contribution in [-0.4, -0.2) is 33.5 Å². The van der Waals surface area contributed by atoms with E-state index in [2.05, 4.69) is 18.8 Å². The van der Waals surface area contributed by atoms with Crippen LogP contribution in [0.3, 0.4) is 0 Å². The maximum Gasteiger partial charge on any atom is 0.270 e. The molecule has 0 heterocycles. The van der Waals surface area contributed by atoms with Gasteiger partial charge in [-0.25, -0.2) is 0 Å². The maximum absolute atomic E-state index is 11.8. The average Bonchev–Trinajstić information content (AvgIpc) is 3.05. The van der Waals surface area contributed by atoms with Crippen LogP contribution >= 0.6 is 0 Å². The lowest BCUT2D eigenvalue weighted by Crippen LogP contribution is -2.56. The number of fused-ring (bicyclic) bond motifs is 5. The van der Waals surface area contributed by atoms with Crippen LogP contribution in [0, 0.1) is 44.6 Å². The van der Waals surface area contributed by atoms with E-state index in [1.165, 1.54) is 69.4 Å². The van der Waals surface area contributed by atoms with Crippen LogP contribution in [-0.2, 0) is 0 Å². The molecule has 0 saturated heterocycles. The Hall–Kier alpha value is -1.95. The van der Waals surface area contributed by atoms with Gasteiger partial charge in [0, 0.05) is 29.3 Å². The Kier molecular flexibility index (Phi) is 5.58. The van der Waals surface area contributed by atoms with Gasteiger partial charge in [0.05, 0.1) is 17.1 Å². The van der Waals surface area contributed by atoms with Gasteiger partial charge in [-0.05, 0) is 86.5 Å². The molecule has 180 valence electrons. The number of hydrogen-bond donors (Lipinski definition) is 2. The first-order valence-corrected chi connectivity index (χ1v) is 12.9. The summed E-state index contributed by atoms with van der Waals surface area (Å²) in [6.45, 7) is 5.14. The lowest BCUT2D eigenvalue weighted by atomic mass is 9.44. The Balaban J connectivity index is 1.34. The van der Waals surface area contributed by atoms with Gasteiger partial charge in [0.15, 0.2) is 0 Å². The second-order valence-electron chi connectivity index (χ2n) is 11.9.